The Morgan fingerprint density at radius 3 is 2.44 bits per heavy atom. The third-order valence-electron chi connectivity index (χ3n) is 1.03. The predicted molar refractivity (Wildman–Crippen MR) is 37.0 cm³/mol. The molecule has 0 spiro atoms. The molecule has 0 aliphatic rings. The van der Waals surface area contributed by atoms with Gasteiger partial charge in [0.2, 0.25) is 0 Å². The molecule has 0 amide bonds. The molecule has 0 aliphatic heterocycles. The van der Waals surface area contributed by atoms with Gasteiger partial charge in [-0.05, 0) is 19.8 Å². The van der Waals surface area contributed by atoms with E-state index in [-0.39, 0.29) is 0 Å². The first-order valence-corrected chi connectivity index (χ1v) is 3.30. The average Bonchev–Trinajstić information content (AvgIpc) is 1.89. The molecule has 0 unspecified atom stereocenters. The van der Waals surface area contributed by atoms with E-state index in [4.69, 9.17) is 9.47 Å². The number of unbranched alkanes of at least 4 members (excludes halogenated alkanes) is 1. The Hall–Kier alpha value is -0.0800. The Morgan fingerprint density at radius 2 is 1.89 bits per heavy atom. The molecule has 0 saturated heterocycles. The number of ether oxygens (including phenoxy) is 2. The fraction of sp³-hybridized carbons (Fsp3) is 0.857. The Balaban J connectivity index is 2.60. The van der Waals surface area contributed by atoms with Gasteiger partial charge >= 0.3 is 0 Å². The molecule has 2 heteroatoms. The molecule has 55 valence electrons. The molecule has 0 aliphatic carbocycles. The molecule has 9 heavy (non-hydrogen) atoms. The lowest BCUT2D eigenvalue weighted by molar-refractivity contribution is 0.162. The highest BCUT2D eigenvalue weighted by atomic mass is 16.5. The van der Waals surface area contributed by atoms with Gasteiger partial charge in [-0.25, -0.2) is 0 Å². The second-order valence-corrected chi connectivity index (χ2v) is 1.81. The van der Waals surface area contributed by atoms with Gasteiger partial charge in [-0.2, -0.15) is 0 Å². The molecule has 0 saturated carbocycles. The predicted octanol–water partition coefficient (Wildman–Crippen LogP) is 1.61. The van der Waals surface area contributed by atoms with Gasteiger partial charge in [-0.3, -0.25) is 0 Å². The van der Waals surface area contributed by atoms with E-state index in [9.17, 15) is 0 Å². The van der Waals surface area contributed by atoms with Gasteiger partial charge in [0.15, 0.2) is 0 Å². The third-order valence-corrected chi connectivity index (χ3v) is 1.03. The lowest BCUT2D eigenvalue weighted by atomic mass is 10.3. The van der Waals surface area contributed by atoms with Crippen LogP contribution in [0.25, 0.3) is 0 Å². The third kappa shape index (κ3) is 7.92. The molecule has 1 radical (unpaired) electrons. The number of rotatable bonds is 6. The largest absolute Gasteiger partial charge is 0.385 e. The van der Waals surface area contributed by atoms with E-state index in [0.717, 1.165) is 26.1 Å². The fourth-order valence-corrected chi connectivity index (χ4v) is 0.550. The summed E-state index contributed by atoms with van der Waals surface area (Å²) in [7, 11) is 1.72. The van der Waals surface area contributed by atoms with E-state index in [2.05, 4.69) is 0 Å². The highest BCUT2D eigenvalue weighted by molar-refractivity contribution is 4.39. The average molecular weight is 131 g/mol. The van der Waals surface area contributed by atoms with E-state index in [1.165, 1.54) is 0 Å². The van der Waals surface area contributed by atoms with Crippen LogP contribution in [-0.4, -0.2) is 20.3 Å². The van der Waals surface area contributed by atoms with Crippen molar-refractivity contribution in [2.45, 2.75) is 19.8 Å². The minimum absolute atomic E-state index is 0.819. The molecular weight excluding hydrogens is 116 g/mol. The molecule has 0 aromatic rings. The lowest BCUT2D eigenvalue weighted by Gasteiger charge is -1.98. The van der Waals surface area contributed by atoms with Crippen LogP contribution in [0.5, 0.6) is 0 Å². The van der Waals surface area contributed by atoms with Gasteiger partial charge in [0.05, 0.1) is 6.61 Å². The van der Waals surface area contributed by atoms with Gasteiger partial charge < -0.3 is 9.47 Å². The van der Waals surface area contributed by atoms with Crippen molar-refractivity contribution in [1.82, 2.24) is 0 Å². The normalized spacial score (nSPS) is 10.0. The Morgan fingerprint density at radius 1 is 1.22 bits per heavy atom. The zero-order valence-corrected chi connectivity index (χ0v) is 6.22. The number of hydrogen-bond acceptors (Lipinski definition) is 2. The second-order valence-electron chi connectivity index (χ2n) is 1.81. The number of methoxy groups -OCH3 is 1. The summed E-state index contributed by atoms with van der Waals surface area (Å²) in [5, 5.41) is 0. The molecular formula is C7H15O2. The molecule has 2 nitrogen and oxygen atoms in total. The van der Waals surface area contributed by atoms with Crippen molar-refractivity contribution in [3.8, 4) is 0 Å². The van der Waals surface area contributed by atoms with Crippen molar-refractivity contribution in [3.63, 3.8) is 0 Å². The zero-order valence-electron chi connectivity index (χ0n) is 6.22. The van der Waals surface area contributed by atoms with Gasteiger partial charge in [0, 0.05) is 20.3 Å². The molecule has 0 heterocycles. The van der Waals surface area contributed by atoms with Crippen LogP contribution in [-0.2, 0) is 9.47 Å². The van der Waals surface area contributed by atoms with E-state index in [1.54, 1.807) is 13.7 Å². The van der Waals surface area contributed by atoms with E-state index >= 15 is 0 Å². The summed E-state index contributed by atoms with van der Waals surface area (Å²) in [6.45, 7) is 5.26. The highest BCUT2D eigenvalue weighted by Gasteiger charge is 1.85. The minimum Gasteiger partial charge on any atom is -0.385 e. The van der Waals surface area contributed by atoms with Crippen LogP contribution < -0.4 is 0 Å². The number of hydrogen-bond donors (Lipinski definition) is 0. The minimum atomic E-state index is 0.819. The Kier molecular flexibility index (Phi) is 7.85. The molecule has 0 fully saturated rings. The van der Waals surface area contributed by atoms with E-state index < -0.39 is 0 Å². The summed E-state index contributed by atoms with van der Waals surface area (Å²) in [6, 6.07) is 0. The topological polar surface area (TPSA) is 18.5 Å². The van der Waals surface area contributed by atoms with Gasteiger partial charge in [0.25, 0.3) is 0 Å². The zero-order chi connectivity index (χ0) is 6.95. The van der Waals surface area contributed by atoms with E-state index in [1.807, 2.05) is 6.92 Å². The van der Waals surface area contributed by atoms with Crippen molar-refractivity contribution in [2.75, 3.05) is 20.3 Å². The van der Waals surface area contributed by atoms with Gasteiger partial charge in [-0.15, -0.1) is 0 Å². The SMILES string of the molecule is C[CH]OCCCCOC. The van der Waals surface area contributed by atoms with Crippen molar-refractivity contribution in [3.05, 3.63) is 6.61 Å². The van der Waals surface area contributed by atoms with Crippen LogP contribution in [0, 0.1) is 6.61 Å². The maximum atomic E-state index is 5.00. The Bertz CT molecular complexity index is 40.2. The fourth-order valence-electron chi connectivity index (χ4n) is 0.550. The van der Waals surface area contributed by atoms with E-state index in [0.29, 0.717) is 0 Å². The summed E-state index contributed by atoms with van der Waals surface area (Å²) < 4.78 is 9.86. The lowest BCUT2D eigenvalue weighted by Crippen LogP contribution is -1.93. The van der Waals surface area contributed by atoms with Crippen LogP contribution in [0.4, 0.5) is 0 Å². The first kappa shape index (κ1) is 8.92. The Labute approximate surface area is 57.2 Å². The summed E-state index contributed by atoms with van der Waals surface area (Å²) in [6.07, 6.45) is 2.17. The van der Waals surface area contributed by atoms with Crippen LogP contribution in [0.3, 0.4) is 0 Å². The summed E-state index contributed by atoms with van der Waals surface area (Å²) in [4.78, 5) is 0. The standard InChI is InChI=1S/C7H15O2/c1-3-9-7-5-4-6-8-2/h3H,4-7H2,1-2H3. The quantitative estimate of drug-likeness (QED) is 0.510. The summed E-state index contributed by atoms with van der Waals surface area (Å²) in [5.74, 6) is 0. The molecule has 0 bridgehead atoms. The molecule has 0 atom stereocenters. The molecule has 0 N–H and O–H groups in total. The maximum Gasteiger partial charge on any atom is 0.0805 e. The van der Waals surface area contributed by atoms with Gasteiger partial charge in [0.1, 0.15) is 0 Å². The molecule has 0 aromatic carbocycles. The van der Waals surface area contributed by atoms with Crippen LogP contribution in [0.1, 0.15) is 19.8 Å². The monoisotopic (exact) mass is 131 g/mol. The van der Waals surface area contributed by atoms with Crippen molar-refractivity contribution in [2.24, 2.45) is 0 Å². The first-order chi connectivity index (χ1) is 4.41. The van der Waals surface area contributed by atoms with Crippen molar-refractivity contribution >= 4 is 0 Å². The van der Waals surface area contributed by atoms with Crippen LogP contribution >= 0.6 is 0 Å². The van der Waals surface area contributed by atoms with Gasteiger partial charge in [-0.1, -0.05) is 0 Å². The van der Waals surface area contributed by atoms with Crippen LogP contribution in [0.2, 0.25) is 0 Å². The highest BCUT2D eigenvalue weighted by Crippen LogP contribution is 1.90. The summed E-state index contributed by atoms with van der Waals surface area (Å²) in [5.41, 5.74) is 0. The second kappa shape index (κ2) is 7.92. The van der Waals surface area contributed by atoms with Crippen molar-refractivity contribution in [1.29, 1.82) is 0 Å². The smallest absolute Gasteiger partial charge is 0.0805 e. The van der Waals surface area contributed by atoms with Crippen molar-refractivity contribution < 1.29 is 9.47 Å². The molecule has 0 aromatic heterocycles. The molecule has 0 rings (SSSR count). The maximum absolute atomic E-state index is 5.00. The van der Waals surface area contributed by atoms with Crippen LogP contribution in [0.15, 0.2) is 0 Å². The first-order valence-electron chi connectivity index (χ1n) is 3.30. The summed E-state index contributed by atoms with van der Waals surface area (Å²) >= 11 is 0.